The highest BCUT2D eigenvalue weighted by Gasteiger charge is 2.28. The fourth-order valence-electron chi connectivity index (χ4n) is 4.86. The van der Waals surface area contributed by atoms with Gasteiger partial charge in [-0.1, -0.05) is 86.1 Å². The first-order valence-electron chi connectivity index (χ1n) is 15.4. The molecule has 0 aromatic rings. The summed E-state index contributed by atoms with van der Waals surface area (Å²) in [5.74, 6) is 1.93. The summed E-state index contributed by atoms with van der Waals surface area (Å²) >= 11 is 0. The van der Waals surface area contributed by atoms with Crippen LogP contribution in [0.2, 0.25) is 0 Å². The molecule has 37 heavy (non-hydrogen) atoms. The number of aliphatic hydroxyl groups excluding tert-OH is 1. The van der Waals surface area contributed by atoms with Crippen molar-refractivity contribution < 1.29 is 14.6 Å². The highest BCUT2D eigenvalue weighted by atomic mass is 16.5. The van der Waals surface area contributed by atoms with Crippen LogP contribution in [0, 0.1) is 28.6 Å². The van der Waals surface area contributed by atoms with E-state index < -0.39 is 0 Å². The van der Waals surface area contributed by atoms with Crippen LogP contribution < -0.4 is 5.73 Å². The SMILES string of the molecule is C=C(C)CCCC(C)CCOC(C)C(C)(C)CCCC(C)CCOC(N)C(C)(C)CCCC(C)CCO. The van der Waals surface area contributed by atoms with Gasteiger partial charge in [0.25, 0.3) is 0 Å². The number of ether oxygens (including phenoxy) is 2. The summed E-state index contributed by atoms with van der Waals surface area (Å²) in [4.78, 5) is 0. The molecule has 0 amide bonds. The second-order valence-corrected chi connectivity index (χ2v) is 13.8. The monoisotopic (exact) mass is 526 g/mol. The summed E-state index contributed by atoms with van der Waals surface area (Å²) < 4.78 is 12.4. The molecule has 3 N–H and O–H groups in total. The fraction of sp³-hybridized carbons (Fsp3) is 0.939. The summed E-state index contributed by atoms with van der Waals surface area (Å²) in [6, 6.07) is 0. The molecule has 5 unspecified atom stereocenters. The lowest BCUT2D eigenvalue weighted by atomic mass is 9.81. The molecule has 0 aliphatic rings. The molecular weight excluding hydrogens is 458 g/mol. The van der Waals surface area contributed by atoms with Gasteiger partial charge in [0.15, 0.2) is 0 Å². The number of hydrogen-bond donors (Lipinski definition) is 2. The summed E-state index contributed by atoms with van der Waals surface area (Å²) in [5, 5.41) is 9.08. The van der Waals surface area contributed by atoms with Gasteiger partial charge in [-0.15, -0.1) is 6.58 Å². The van der Waals surface area contributed by atoms with Crippen molar-refractivity contribution in [1.82, 2.24) is 0 Å². The second-order valence-electron chi connectivity index (χ2n) is 13.8. The third-order valence-electron chi connectivity index (χ3n) is 8.72. The Morgan fingerprint density at radius 1 is 0.730 bits per heavy atom. The first-order chi connectivity index (χ1) is 17.2. The molecule has 0 aliphatic carbocycles. The van der Waals surface area contributed by atoms with E-state index in [1.54, 1.807) is 0 Å². The van der Waals surface area contributed by atoms with Crippen LogP contribution in [-0.4, -0.2) is 37.3 Å². The van der Waals surface area contributed by atoms with E-state index in [1.165, 1.54) is 37.7 Å². The van der Waals surface area contributed by atoms with Gasteiger partial charge in [-0.3, -0.25) is 0 Å². The van der Waals surface area contributed by atoms with Gasteiger partial charge in [-0.25, -0.2) is 0 Å². The van der Waals surface area contributed by atoms with Crippen LogP contribution in [0.1, 0.15) is 139 Å². The minimum absolute atomic E-state index is 0.0231. The highest BCUT2D eigenvalue weighted by Crippen LogP contribution is 2.32. The molecule has 0 heterocycles. The van der Waals surface area contributed by atoms with Crippen molar-refractivity contribution in [1.29, 1.82) is 0 Å². The van der Waals surface area contributed by atoms with Crippen LogP contribution in [0.25, 0.3) is 0 Å². The Balaban J connectivity index is 4.10. The smallest absolute Gasteiger partial charge is 0.110 e. The van der Waals surface area contributed by atoms with Crippen LogP contribution in [-0.2, 0) is 9.47 Å². The zero-order chi connectivity index (χ0) is 28.5. The van der Waals surface area contributed by atoms with Crippen LogP contribution in [0.5, 0.6) is 0 Å². The van der Waals surface area contributed by atoms with Gasteiger partial charge in [0.2, 0.25) is 0 Å². The maximum atomic E-state index is 9.08. The van der Waals surface area contributed by atoms with E-state index in [-0.39, 0.29) is 29.8 Å². The molecule has 0 saturated carbocycles. The van der Waals surface area contributed by atoms with Crippen LogP contribution in [0.15, 0.2) is 12.2 Å². The quantitative estimate of drug-likeness (QED) is 0.0975. The molecule has 4 heteroatoms. The first kappa shape index (κ1) is 36.6. The molecule has 0 saturated heterocycles. The van der Waals surface area contributed by atoms with Gasteiger partial charge >= 0.3 is 0 Å². The minimum atomic E-state index is -0.224. The predicted octanol–water partition coefficient (Wildman–Crippen LogP) is 8.90. The van der Waals surface area contributed by atoms with Crippen LogP contribution in [0.4, 0.5) is 0 Å². The summed E-state index contributed by atoms with van der Waals surface area (Å²) in [6.45, 7) is 26.3. The molecule has 5 atom stereocenters. The van der Waals surface area contributed by atoms with E-state index >= 15 is 0 Å². The standard InChI is InChI=1S/C33H67NO3/c1-26(2)14-11-15-28(4)19-24-36-30(6)32(7,8)21-12-17-29(5)20-25-37-31(34)33(9,10)22-13-16-27(3)18-23-35/h27-31,35H,1,11-25,34H2,2-10H3. The van der Waals surface area contributed by atoms with E-state index in [1.807, 2.05) is 0 Å². The number of nitrogens with two attached hydrogens (primary N) is 1. The Morgan fingerprint density at radius 3 is 1.70 bits per heavy atom. The molecule has 0 fully saturated rings. The Labute approximate surface area is 232 Å². The van der Waals surface area contributed by atoms with Crippen molar-refractivity contribution in [3.05, 3.63) is 12.2 Å². The van der Waals surface area contributed by atoms with Gasteiger partial charge in [0.1, 0.15) is 6.23 Å². The van der Waals surface area contributed by atoms with Crippen molar-refractivity contribution in [2.75, 3.05) is 19.8 Å². The van der Waals surface area contributed by atoms with Crippen molar-refractivity contribution in [3.63, 3.8) is 0 Å². The molecule has 4 nitrogen and oxygen atoms in total. The van der Waals surface area contributed by atoms with Crippen molar-refractivity contribution >= 4 is 0 Å². The lowest BCUT2D eigenvalue weighted by Crippen LogP contribution is -2.40. The molecular formula is C33H67NO3. The summed E-state index contributed by atoms with van der Waals surface area (Å²) in [7, 11) is 0. The Kier molecular flexibility index (Phi) is 19.4. The molecule has 0 spiro atoms. The molecule has 0 bridgehead atoms. The number of rotatable bonds is 24. The summed E-state index contributed by atoms with van der Waals surface area (Å²) in [6.07, 6.45) is 13.8. The van der Waals surface area contributed by atoms with Crippen molar-refractivity contribution in [2.45, 2.75) is 152 Å². The number of hydrogen-bond acceptors (Lipinski definition) is 4. The lowest BCUT2D eigenvalue weighted by molar-refractivity contribution is -0.0320. The van der Waals surface area contributed by atoms with Crippen molar-refractivity contribution in [3.8, 4) is 0 Å². The zero-order valence-corrected chi connectivity index (χ0v) is 26.5. The third kappa shape index (κ3) is 18.5. The first-order valence-corrected chi connectivity index (χ1v) is 15.4. The fourth-order valence-corrected chi connectivity index (χ4v) is 4.86. The van der Waals surface area contributed by atoms with Gasteiger partial charge in [-0.05, 0) is 82.0 Å². The van der Waals surface area contributed by atoms with Gasteiger partial charge in [0.05, 0.1) is 6.10 Å². The second kappa shape index (κ2) is 19.6. The topological polar surface area (TPSA) is 64.7 Å². The Morgan fingerprint density at radius 2 is 1.19 bits per heavy atom. The maximum Gasteiger partial charge on any atom is 0.110 e. The molecule has 0 aromatic heterocycles. The molecule has 0 aliphatic heterocycles. The van der Waals surface area contributed by atoms with Gasteiger partial charge < -0.3 is 20.3 Å². The predicted molar refractivity (Wildman–Crippen MR) is 162 cm³/mol. The normalized spacial score (nSPS) is 16.8. The average molecular weight is 526 g/mol. The summed E-state index contributed by atoms with van der Waals surface area (Å²) in [5.41, 5.74) is 7.88. The third-order valence-corrected chi connectivity index (χ3v) is 8.72. The average Bonchev–Trinajstić information content (AvgIpc) is 2.78. The molecule has 222 valence electrons. The zero-order valence-electron chi connectivity index (χ0n) is 26.5. The van der Waals surface area contributed by atoms with E-state index in [4.69, 9.17) is 20.3 Å². The maximum absolute atomic E-state index is 9.08. The Bertz CT molecular complexity index is 574. The van der Waals surface area contributed by atoms with E-state index in [0.717, 1.165) is 64.1 Å². The van der Waals surface area contributed by atoms with Gasteiger partial charge in [0, 0.05) is 25.2 Å². The highest BCUT2D eigenvalue weighted by molar-refractivity contribution is 4.87. The Hall–Kier alpha value is -0.420. The van der Waals surface area contributed by atoms with E-state index in [0.29, 0.717) is 11.8 Å². The number of allylic oxidation sites excluding steroid dienone is 1. The lowest BCUT2D eigenvalue weighted by Gasteiger charge is -2.33. The molecule has 0 rings (SSSR count). The van der Waals surface area contributed by atoms with E-state index in [9.17, 15) is 0 Å². The van der Waals surface area contributed by atoms with Crippen LogP contribution in [0.3, 0.4) is 0 Å². The number of aliphatic hydroxyl groups is 1. The minimum Gasteiger partial charge on any atom is -0.396 e. The van der Waals surface area contributed by atoms with Gasteiger partial charge in [-0.2, -0.15) is 0 Å². The molecule has 0 radical (unpaired) electrons. The van der Waals surface area contributed by atoms with Crippen LogP contribution >= 0.6 is 0 Å². The van der Waals surface area contributed by atoms with Crippen molar-refractivity contribution in [2.24, 2.45) is 34.3 Å². The van der Waals surface area contributed by atoms with E-state index in [2.05, 4.69) is 68.9 Å². The largest absolute Gasteiger partial charge is 0.396 e. The molecule has 0 aromatic carbocycles.